The van der Waals surface area contributed by atoms with Crippen LogP contribution in [0.5, 0.6) is 0 Å². The summed E-state index contributed by atoms with van der Waals surface area (Å²) in [6, 6.07) is 8.88. The maximum Gasteiger partial charge on any atom is 0.222 e. The third-order valence-corrected chi connectivity index (χ3v) is 8.87. The van der Waals surface area contributed by atoms with E-state index >= 15 is 0 Å². The van der Waals surface area contributed by atoms with Gasteiger partial charge in [0.15, 0.2) is 0 Å². The van der Waals surface area contributed by atoms with Crippen molar-refractivity contribution >= 4 is 16.9 Å². The lowest BCUT2D eigenvalue weighted by Gasteiger charge is -2.44. The highest BCUT2D eigenvalue weighted by Crippen LogP contribution is 2.43. The highest BCUT2D eigenvalue weighted by Gasteiger charge is 2.37. The number of hydrogen-bond donors (Lipinski definition) is 1. The molecule has 1 aliphatic carbocycles. The standard InChI is InChI=1S/C29H44N2O4/c1-21(29(2)13-8-23(9-14-29)30-28(32)18-24(34-4)20-33-3)19-31-15-10-22(11-16-31)25-6-5-7-27-26(25)12-17-35-27/h5-7,12,17,21-24H,8-11,13-16,18-20H2,1-4H3,(H,30,32). The number of fused-ring (bicyclic) bond motifs is 1. The number of amides is 1. The molecule has 1 aliphatic heterocycles. The van der Waals surface area contributed by atoms with Gasteiger partial charge in [-0.05, 0) is 86.6 Å². The fourth-order valence-corrected chi connectivity index (χ4v) is 6.21. The molecule has 2 aromatic rings. The molecular weight excluding hydrogens is 440 g/mol. The second-order valence-electron chi connectivity index (χ2n) is 11.2. The molecule has 0 bridgehead atoms. The van der Waals surface area contributed by atoms with E-state index in [0.717, 1.165) is 18.4 Å². The molecule has 2 unspecified atom stereocenters. The van der Waals surface area contributed by atoms with E-state index in [9.17, 15) is 4.79 Å². The number of rotatable bonds is 10. The van der Waals surface area contributed by atoms with Crippen molar-refractivity contribution in [2.75, 3.05) is 40.5 Å². The van der Waals surface area contributed by atoms with Crippen LogP contribution in [0, 0.1) is 11.3 Å². The molecule has 1 aromatic carbocycles. The number of furan rings is 1. The number of nitrogens with zero attached hydrogens (tertiary/aromatic N) is 1. The number of carbonyl (C=O) groups is 1. The van der Waals surface area contributed by atoms with Crippen LogP contribution in [0.2, 0.25) is 0 Å². The summed E-state index contributed by atoms with van der Waals surface area (Å²) in [5.41, 5.74) is 2.80. The smallest absolute Gasteiger partial charge is 0.222 e. The monoisotopic (exact) mass is 484 g/mol. The number of carbonyl (C=O) groups excluding carboxylic acids is 1. The molecule has 6 heteroatoms. The summed E-state index contributed by atoms with van der Waals surface area (Å²) in [5, 5.41) is 4.52. The van der Waals surface area contributed by atoms with E-state index in [2.05, 4.69) is 48.3 Å². The van der Waals surface area contributed by atoms with Crippen molar-refractivity contribution in [3.8, 4) is 0 Å². The Labute approximate surface area is 210 Å². The van der Waals surface area contributed by atoms with Crippen molar-refractivity contribution in [2.24, 2.45) is 11.3 Å². The Morgan fingerprint density at radius 2 is 1.91 bits per heavy atom. The van der Waals surface area contributed by atoms with Gasteiger partial charge in [0.1, 0.15) is 5.58 Å². The fourth-order valence-electron chi connectivity index (χ4n) is 6.21. The number of methoxy groups -OCH3 is 2. The predicted molar refractivity (Wildman–Crippen MR) is 140 cm³/mol. The zero-order valence-electron chi connectivity index (χ0n) is 22.1. The summed E-state index contributed by atoms with van der Waals surface area (Å²) >= 11 is 0. The fraction of sp³-hybridized carbons (Fsp3) is 0.690. The summed E-state index contributed by atoms with van der Waals surface area (Å²) in [5.74, 6) is 1.34. The average molecular weight is 485 g/mol. The first kappa shape index (κ1) is 26.2. The van der Waals surface area contributed by atoms with E-state index in [0.29, 0.717) is 30.3 Å². The molecule has 4 rings (SSSR count). The van der Waals surface area contributed by atoms with Crippen LogP contribution < -0.4 is 5.32 Å². The molecule has 0 spiro atoms. The maximum absolute atomic E-state index is 12.4. The number of likely N-dealkylation sites (tertiary alicyclic amines) is 1. The molecule has 2 fully saturated rings. The zero-order chi connectivity index (χ0) is 24.8. The Bertz CT molecular complexity index is 941. The average Bonchev–Trinajstić information content (AvgIpc) is 3.35. The van der Waals surface area contributed by atoms with Gasteiger partial charge in [-0.15, -0.1) is 0 Å². The summed E-state index contributed by atoms with van der Waals surface area (Å²) in [6.45, 7) is 8.84. The normalized spacial score (nSPS) is 26.0. The van der Waals surface area contributed by atoms with E-state index in [-0.39, 0.29) is 18.1 Å². The van der Waals surface area contributed by atoms with E-state index in [1.807, 2.05) is 6.26 Å². The largest absolute Gasteiger partial charge is 0.464 e. The van der Waals surface area contributed by atoms with Gasteiger partial charge >= 0.3 is 0 Å². The molecular formula is C29H44N2O4. The minimum absolute atomic E-state index is 0.0736. The molecule has 1 amide bonds. The molecule has 2 heterocycles. The van der Waals surface area contributed by atoms with Crippen molar-refractivity contribution in [1.29, 1.82) is 0 Å². The molecule has 35 heavy (non-hydrogen) atoms. The van der Waals surface area contributed by atoms with Gasteiger partial charge < -0.3 is 24.1 Å². The number of hydrogen-bond acceptors (Lipinski definition) is 5. The first-order valence-electron chi connectivity index (χ1n) is 13.4. The topological polar surface area (TPSA) is 63.9 Å². The molecule has 2 aliphatic rings. The molecule has 2 atom stereocenters. The first-order valence-corrected chi connectivity index (χ1v) is 13.4. The molecule has 1 saturated carbocycles. The van der Waals surface area contributed by atoms with Crippen molar-refractivity contribution < 1.29 is 18.7 Å². The van der Waals surface area contributed by atoms with Gasteiger partial charge in [-0.25, -0.2) is 0 Å². The second kappa shape index (κ2) is 11.9. The van der Waals surface area contributed by atoms with Crippen molar-refractivity contribution in [2.45, 2.75) is 76.9 Å². The van der Waals surface area contributed by atoms with E-state index in [1.54, 1.807) is 14.2 Å². The van der Waals surface area contributed by atoms with E-state index in [1.165, 1.54) is 56.3 Å². The van der Waals surface area contributed by atoms with Crippen LogP contribution in [0.4, 0.5) is 0 Å². The van der Waals surface area contributed by atoms with Gasteiger partial charge in [-0.1, -0.05) is 26.0 Å². The Morgan fingerprint density at radius 1 is 1.17 bits per heavy atom. The van der Waals surface area contributed by atoms with Gasteiger partial charge in [-0.2, -0.15) is 0 Å². The lowest BCUT2D eigenvalue weighted by atomic mass is 9.66. The summed E-state index contributed by atoms with van der Waals surface area (Å²) < 4.78 is 16.1. The van der Waals surface area contributed by atoms with Gasteiger partial charge in [-0.3, -0.25) is 4.79 Å². The number of ether oxygens (including phenoxy) is 2. The summed E-state index contributed by atoms with van der Waals surface area (Å²) in [4.78, 5) is 15.1. The van der Waals surface area contributed by atoms with E-state index < -0.39 is 0 Å². The third kappa shape index (κ3) is 6.46. The molecule has 1 saturated heterocycles. The van der Waals surface area contributed by atoms with Crippen molar-refractivity contribution in [1.82, 2.24) is 10.2 Å². The minimum Gasteiger partial charge on any atom is -0.464 e. The van der Waals surface area contributed by atoms with Crippen LogP contribution in [0.15, 0.2) is 34.9 Å². The van der Waals surface area contributed by atoms with Crippen LogP contribution in [0.3, 0.4) is 0 Å². The van der Waals surface area contributed by atoms with Gasteiger partial charge in [0, 0.05) is 32.2 Å². The SMILES string of the molecule is COCC(CC(=O)NC1CCC(C)(C(C)CN2CCC(c3cccc4occc34)CC2)CC1)OC. The number of piperidine rings is 1. The number of nitrogens with one attached hydrogen (secondary N) is 1. The zero-order valence-corrected chi connectivity index (χ0v) is 22.1. The molecule has 1 aromatic heterocycles. The molecule has 6 nitrogen and oxygen atoms in total. The molecule has 1 N–H and O–H groups in total. The van der Waals surface area contributed by atoms with Crippen LogP contribution in [-0.4, -0.2) is 63.4 Å². The predicted octanol–water partition coefficient (Wildman–Crippen LogP) is 5.36. The second-order valence-corrected chi connectivity index (χ2v) is 11.2. The molecule has 0 radical (unpaired) electrons. The Balaban J connectivity index is 1.21. The van der Waals surface area contributed by atoms with Crippen LogP contribution in [-0.2, 0) is 14.3 Å². The van der Waals surface area contributed by atoms with Crippen LogP contribution >= 0.6 is 0 Å². The lowest BCUT2D eigenvalue weighted by molar-refractivity contribution is -0.125. The minimum atomic E-state index is -0.175. The van der Waals surface area contributed by atoms with E-state index in [4.69, 9.17) is 13.9 Å². The van der Waals surface area contributed by atoms with Crippen LogP contribution in [0.1, 0.15) is 70.3 Å². The highest BCUT2D eigenvalue weighted by molar-refractivity contribution is 5.81. The van der Waals surface area contributed by atoms with Crippen molar-refractivity contribution in [3.63, 3.8) is 0 Å². The molecule has 194 valence electrons. The summed E-state index contributed by atoms with van der Waals surface area (Å²) in [7, 11) is 3.27. The Hall–Kier alpha value is -1.89. The first-order chi connectivity index (χ1) is 16.9. The lowest BCUT2D eigenvalue weighted by Crippen LogP contribution is -2.45. The van der Waals surface area contributed by atoms with Gasteiger partial charge in [0.2, 0.25) is 5.91 Å². The van der Waals surface area contributed by atoms with Crippen molar-refractivity contribution in [3.05, 3.63) is 36.1 Å². The Morgan fingerprint density at radius 3 is 2.60 bits per heavy atom. The summed E-state index contributed by atoms with van der Waals surface area (Å²) in [6.07, 6.45) is 8.89. The van der Waals surface area contributed by atoms with Gasteiger partial charge in [0.25, 0.3) is 0 Å². The number of benzene rings is 1. The highest BCUT2D eigenvalue weighted by atomic mass is 16.5. The quantitative estimate of drug-likeness (QED) is 0.492. The third-order valence-electron chi connectivity index (χ3n) is 8.87. The van der Waals surface area contributed by atoms with Gasteiger partial charge in [0.05, 0.1) is 25.4 Å². The Kier molecular flexibility index (Phi) is 8.90. The van der Waals surface area contributed by atoms with Crippen LogP contribution in [0.25, 0.3) is 11.0 Å². The maximum atomic E-state index is 12.4.